The van der Waals surface area contributed by atoms with Gasteiger partial charge in [0.15, 0.2) is 11.0 Å². The van der Waals surface area contributed by atoms with Gasteiger partial charge in [0.2, 0.25) is 11.8 Å². The number of hydrogen-bond donors (Lipinski definition) is 2. The van der Waals surface area contributed by atoms with Gasteiger partial charge in [0, 0.05) is 16.8 Å². The third-order valence-electron chi connectivity index (χ3n) is 4.63. The van der Waals surface area contributed by atoms with Gasteiger partial charge >= 0.3 is 0 Å². The van der Waals surface area contributed by atoms with Crippen LogP contribution < -0.4 is 11.1 Å². The van der Waals surface area contributed by atoms with Crippen molar-refractivity contribution >= 4 is 40.9 Å². The number of carbonyl (C=O) groups excluding carboxylic acids is 2. The van der Waals surface area contributed by atoms with Crippen LogP contribution in [0.4, 0.5) is 10.1 Å². The van der Waals surface area contributed by atoms with Gasteiger partial charge in [-0.1, -0.05) is 47.6 Å². The van der Waals surface area contributed by atoms with E-state index >= 15 is 0 Å². The Labute approximate surface area is 197 Å². The van der Waals surface area contributed by atoms with E-state index in [1.807, 2.05) is 0 Å². The van der Waals surface area contributed by atoms with E-state index in [1.54, 1.807) is 54.6 Å². The van der Waals surface area contributed by atoms with Crippen molar-refractivity contribution in [2.75, 3.05) is 11.1 Å². The molecule has 0 atom stereocenters. The van der Waals surface area contributed by atoms with Crippen LogP contribution in [0.1, 0.15) is 10.4 Å². The van der Waals surface area contributed by atoms with Crippen LogP contribution in [0.15, 0.2) is 78.0 Å². The van der Waals surface area contributed by atoms with Gasteiger partial charge in [0.25, 0.3) is 0 Å². The first-order valence-corrected chi connectivity index (χ1v) is 11.1. The van der Waals surface area contributed by atoms with E-state index in [0.717, 1.165) is 11.8 Å². The Kier molecular flexibility index (Phi) is 6.71. The van der Waals surface area contributed by atoms with Crippen molar-refractivity contribution in [3.8, 4) is 17.1 Å². The van der Waals surface area contributed by atoms with Gasteiger partial charge < -0.3 is 11.1 Å². The number of thioether (sulfide) groups is 1. The Hall–Kier alpha value is -3.69. The Morgan fingerprint density at radius 3 is 2.39 bits per heavy atom. The summed E-state index contributed by atoms with van der Waals surface area (Å²) in [6.45, 7) is 0. The molecule has 0 saturated carbocycles. The molecule has 0 aliphatic carbocycles. The van der Waals surface area contributed by atoms with E-state index < -0.39 is 11.7 Å². The Morgan fingerprint density at radius 2 is 1.70 bits per heavy atom. The molecule has 33 heavy (non-hydrogen) atoms. The highest BCUT2D eigenvalue weighted by Crippen LogP contribution is 2.32. The molecular weight excluding hydrogens is 465 g/mol. The van der Waals surface area contributed by atoms with Gasteiger partial charge in [-0.25, -0.2) is 4.39 Å². The number of aromatic nitrogens is 3. The lowest BCUT2D eigenvalue weighted by Crippen LogP contribution is -2.15. The lowest BCUT2D eigenvalue weighted by molar-refractivity contribution is -0.113. The van der Waals surface area contributed by atoms with Crippen molar-refractivity contribution in [1.29, 1.82) is 0 Å². The number of nitrogens with one attached hydrogen (secondary N) is 1. The average molecular weight is 482 g/mol. The molecule has 0 saturated heterocycles. The molecule has 166 valence electrons. The van der Waals surface area contributed by atoms with Crippen LogP contribution in [0.5, 0.6) is 0 Å². The molecule has 3 aromatic carbocycles. The number of nitrogens with two attached hydrogens (primary N) is 1. The summed E-state index contributed by atoms with van der Waals surface area (Å²) < 4.78 is 16.2. The van der Waals surface area contributed by atoms with Gasteiger partial charge in [0.1, 0.15) is 5.82 Å². The fraction of sp³-hybridized carbons (Fsp3) is 0.0435. The SMILES string of the molecule is NC(=O)c1ccc(NC(=O)CSc2nnc(-c3ccccc3Cl)n2-c2ccccc2F)cc1. The minimum atomic E-state index is -0.551. The molecule has 0 bridgehead atoms. The molecular formula is C23H17ClFN5O2S. The third-order valence-corrected chi connectivity index (χ3v) is 5.89. The number of primary amides is 1. The standard InChI is InChI=1S/C23H17ClFN5O2S/c24-17-6-2-1-5-16(17)22-28-29-23(30(22)19-8-4-3-7-18(19)25)33-13-20(31)27-15-11-9-14(10-12-15)21(26)32/h1-12H,13H2,(H2,26,32)(H,27,31). The smallest absolute Gasteiger partial charge is 0.248 e. The molecule has 3 N–H and O–H groups in total. The third kappa shape index (κ3) is 5.05. The Bertz CT molecular complexity index is 1330. The largest absolute Gasteiger partial charge is 0.366 e. The maximum atomic E-state index is 14.7. The minimum Gasteiger partial charge on any atom is -0.366 e. The average Bonchev–Trinajstić information content (AvgIpc) is 3.22. The van der Waals surface area contributed by atoms with Gasteiger partial charge in [-0.2, -0.15) is 0 Å². The fourth-order valence-corrected chi connectivity index (χ4v) is 4.04. The van der Waals surface area contributed by atoms with Crippen LogP contribution in [-0.2, 0) is 4.79 Å². The predicted molar refractivity (Wildman–Crippen MR) is 126 cm³/mol. The van der Waals surface area contributed by atoms with Crippen molar-refractivity contribution in [2.45, 2.75) is 5.16 Å². The van der Waals surface area contributed by atoms with Gasteiger partial charge in [0.05, 0.1) is 16.5 Å². The molecule has 0 spiro atoms. The van der Waals surface area contributed by atoms with E-state index in [0.29, 0.717) is 32.8 Å². The van der Waals surface area contributed by atoms with Gasteiger partial charge in [-0.3, -0.25) is 14.2 Å². The molecule has 1 heterocycles. The normalized spacial score (nSPS) is 10.7. The first-order valence-electron chi connectivity index (χ1n) is 9.72. The van der Waals surface area contributed by atoms with E-state index in [4.69, 9.17) is 17.3 Å². The lowest BCUT2D eigenvalue weighted by Gasteiger charge is -2.12. The molecule has 4 aromatic rings. The highest BCUT2D eigenvalue weighted by atomic mass is 35.5. The first-order chi connectivity index (χ1) is 15.9. The van der Waals surface area contributed by atoms with Gasteiger partial charge in [-0.15, -0.1) is 10.2 Å². The van der Waals surface area contributed by atoms with Crippen molar-refractivity contribution in [3.05, 3.63) is 89.2 Å². The van der Waals surface area contributed by atoms with Crippen LogP contribution in [0.2, 0.25) is 5.02 Å². The highest BCUT2D eigenvalue weighted by Gasteiger charge is 2.20. The Balaban J connectivity index is 1.59. The summed E-state index contributed by atoms with van der Waals surface area (Å²) in [6, 6.07) is 19.5. The van der Waals surface area contributed by atoms with Gasteiger partial charge in [-0.05, 0) is 48.5 Å². The summed E-state index contributed by atoms with van der Waals surface area (Å²) in [4.78, 5) is 23.6. The number of halogens is 2. The molecule has 10 heteroatoms. The van der Waals surface area contributed by atoms with Crippen LogP contribution in [0, 0.1) is 5.82 Å². The molecule has 0 fully saturated rings. The quantitative estimate of drug-likeness (QED) is 0.377. The second-order valence-electron chi connectivity index (χ2n) is 6.85. The number of rotatable bonds is 7. The highest BCUT2D eigenvalue weighted by molar-refractivity contribution is 7.99. The fourth-order valence-electron chi connectivity index (χ4n) is 3.08. The zero-order chi connectivity index (χ0) is 23.4. The van der Waals surface area contributed by atoms with Crippen LogP contribution in [0.3, 0.4) is 0 Å². The van der Waals surface area contributed by atoms with E-state index in [1.165, 1.54) is 22.8 Å². The van der Waals surface area contributed by atoms with E-state index in [-0.39, 0.29) is 17.3 Å². The lowest BCUT2D eigenvalue weighted by atomic mass is 10.2. The van der Waals surface area contributed by atoms with Crippen LogP contribution in [-0.4, -0.2) is 32.3 Å². The van der Waals surface area contributed by atoms with E-state index in [2.05, 4.69) is 15.5 Å². The maximum absolute atomic E-state index is 14.7. The molecule has 0 unspecified atom stereocenters. The van der Waals surface area contributed by atoms with Crippen molar-refractivity contribution < 1.29 is 14.0 Å². The zero-order valence-electron chi connectivity index (χ0n) is 17.0. The second-order valence-corrected chi connectivity index (χ2v) is 8.20. The second kappa shape index (κ2) is 9.85. The number of benzene rings is 3. The molecule has 1 aromatic heterocycles. The minimum absolute atomic E-state index is 0.00726. The summed E-state index contributed by atoms with van der Waals surface area (Å²) >= 11 is 7.44. The molecule has 7 nitrogen and oxygen atoms in total. The first kappa shape index (κ1) is 22.5. The number of para-hydroxylation sites is 1. The molecule has 0 radical (unpaired) electrons. The topological polar surface area (TPSA) is 103 Å². The number of anilines is 1. The summed E-state index contributed by atoms with van der Waals surface area (Å²) in [5, 5.41) is 11.9. The van der Waals surface area contributed by atoms with Crippen molar-refractivity contribution in [1.82, 2.24) is 14.8 Å². The molecule has 2 amide bonds. The number of carbonyl (C=O) groups is 2. The molecule has 0 aliphatic heterocycles. The monoisotopic (exact) mass is 481 g/mol. The number of nitrogens with zero attached hydrogens (tertiary/aromatic N) is 3. The number of hydrogen-bond acceptors (Lipinski definition) is 5. The summed E-state index contributed by atoms with van der Waals surface area (Å²) in [5.41, 5.74) is 6.90. The van der Waals surface area contributed by atoms with Crippen molar-refractivity contribution in [2.24, 2.45) is 5.73 Å². The van der Waals surface area contributed by atoms with Crippen molar-refractivity contribution in [3.63, 3.8) is 0 Å². The summed E-state index contributed by atoms with van der Waals surface area (Å²) in [6.07, 6.45) is 0. The van der Waals surface area contributed by atoms with Crippen LogP contribution >= 0.6 is 23.4 Å². The summed E-state index contributed by atoms with van der Waals surface area (Å²) in [7, 11) is 0. The predicted octanol–water partition coefficient (Wildman–Crippen LogP) is 4.56. The van der Waals surface area contributed by atoms with E-state index in [9.17, 15) is 14.0 Å². The molecule has 4 rings (SSSR count). The zero-order valence-corrected chi connectivity index (χ0v) is 18.6. The Morgan fingerprint density at radius 1 is 1.00 bits per heavy atom. The molecule has 0 aliphatic rings. The maximum Gasteiger partial charge on any atom is 0.248 e. The van der Waals surface area contributed by atoms with Crippen LogP contribution in [0.25, 0.3) is 17.1 Å². The summed E-state index contributed by atoms with van der Waals surface area (Å²) in [5.74, 6) is -0.978. The number of amides is 2.